The van der Waals surface area contributed by atoms with Gasteiger partial charge in [0.2, 0.25) is 0 Å². The van der Waals surface area contributed by atoms with Crippen molar-refractivity contribution in [3.8, 4) is 11.3 Å². The molecule has 2 atom stereocenters. The molecule has 0 aliphatic rings. The summed E-state index contributed by atoms with van der Waals surface area (Å²) in [5.41, 5.74) is 1.55. The first-order valence-electron chi connectivity index (χ1n) is 7.86. The number of rotatable bonds is 6. The van der Waals surface area contributed by atoms with Crippen LogP contribution in [0.1, 0.15) is 35.7 Å². The molecule has 3 aromatic rings. The number of carbonyl (C=O) groups is 1. The Hall–Kier alpha value is -2.93. The number of H-pyrrole nitrogens is 1. The van der Waals surface area contributed by atoms with Crippen molar-refractivity contribution in [2.75, 3.05) is 0 Å². The summed E-state index contributed by atoms with van der Waals surface area (Å²) in [6.45, 7) is 1.79. The van der Waals surface area contributed by atoms with E-state index in [9.17, 15) is 14.3 Å². The van der Waals surface area contributed by atoms with Gasteiger partial charge in [-0.3, -0.25) is 9.89 Å². The van der Waals surface area contributed by atoms with Gasteiger partial charge in [-0.2, -0.15) is 5.10 Å². The summed E-state index contributed by atoms with van der Waals surface area (Å²) in [6, 6.07) is 10.6. The van der Waals surface area contributed by atoms with Crippen LogP contribution in [0, 0.1) is 5.82 Å². The lowest BCUT2D eigenvalue weighted by molar-refractivity contribution is 0.0898. The van der Waals surface area contributed by atoms with Gasteiger partial charge in [-0.1, -0.05) is 0 Å². The maximum Gasteiger partial charge on any atom is 0.269 e. The Balaban J connectivity index is 1.60. The van der Waals surface area contributed by atoms with Gasteiger partial charge in [-0.15, -0.1) is 0 Å². The van der Waals surface area contributed by atoms with E-state index in [4.69, 9.17) is 4.42 Å². The number of furan rings is 1. The lowest BCUT2D eigenvalue weighted by Crippen LogP contribution is -2.34. The van der Waals surface area contributed by atoms with E-state index in [0.717, 1.165) is 0 Å². The molecular formula is C18H18FN3O3. The second-order valence-corrected chi connectivity index (χ2v) is 5.82. The summed E-state index contributed by atoms with van der Waals surface area (Å²) in [7, 11) is 0. The van der Waals surface area contributed by atoms with Crippen molar-refractivity contribution in [1.82, 2.24) is 15.5 Å². The molecule has 0 aliphatic carbocycles. The first-order chi connectivity index (χ1) is 12.0. The maximum absolute atomic E-state index is 13.0. The van der Waals surface area contributed by atoms with Crippen LogP contribution in [-0.2, 0) is 0 Å². The van der Waals surface area contributed by atoms with Gasteiger partial charge in [0.05, 0.1) is 12.0 Å². The van der Waals surface area contributed by atoms with Crippen molar-refractivity contribution < 1.29 is 18.7 Å². The SMILES string of the molecule is CC(CC(O)c1ccco1)NC(=O)c1cc(-c2ccc(F)cc2)n[nH]1. The van der Waals surface area contributed by atoms with Gasteiger partial charge in [-0.05, 0) is 49.4 Å². The number of nitrogens with one attached hydrogen (secondary N) is 2. The van der Waals surface area contributed by atoms with Gasteiger partial charge in [0.1, 0.15) is 23.4 Å². The summed E-state index contributed by atoms with van der Waals surface area (Å²) in [5, 5.41) is 19.6. The Labute approximate surface area is 143 Å². The summed E-state index contributed by atoms with van der Waals surface area (Å²) in [4.78, 5) is 12.3. The zero-order chi connectivity index (χ0) is 17.8. The van der Waals surface area contributed by atoms with E-state index >= 15 is 0 Å². The molecule has 1 aromatic carbocycles. The Bertz CT molecular complexity index is 828. The molecule has 2 heterocycles. The lowest BCUT2D eigenvalue weighted by Gasteiger charge is -2.16. The second kappa shape index (κ2) is 7.31. The van der Waals surface area contributed by atoms with Gasteiger partial charge in [0.25, 0.3) is 5.91 Å². The second-order valence-electron chi connectivity index (χ2n) is 5.82. The molecule has 2 aromatic heterocycles. The van der Waals surface area contributed by atoms with Crippen molar-refractivity contribution in [3.63, 3.8) is 0 Å². The third-order valence-electron chi connectivity index (χ3n) is 3.79. The molecule has 130 valence electrons. The fourth-order valence-electron chi connectivity index (χ4n) is 2.50. The van der Waals surface area contributed by atoms with Crippen LogP contribution in [0.3, 0.4) is 0 Å². The Morgan fingerprint density at radius 2 is 2.12 bits per heavy atom. The van der Waals surface area contributed by atoms with Gasteiger partial charge >= 0.3 is 0 Å². The van der Waals surface area contributed by atoms with Crippen LogP contribution >= 0.6 is 0 Å². The van der Waals surface area contributed by atoms with Crippen molar-refractivity contribution in [2.24, 2.45) is 0 Å². The maximum atomic E-state index is 13.0. The number of carbonyl (C=O) groups excluding carboxylic acids is 1. The fraction of sp³-hybridized carbons (Fsp3) is 0.222. The number of benzene rings is 1. The van der Waals surface area contributed by atoms with Crippen molar-refractivity contribution >= 4 is 5.91 Å². The minimum Gasteiger partial charge on any atom is -0.467 e. The van der Waals surface area contributed by atoms with E-state index in [1.807, 2.05) is 0 Å². The average Bonchev–Trinajstić information content (AvgIpc) is 3.27. The third-order valence-corrected chi connectivity index (χ3v) is 3.79. The molecule has 6 nitrogen and oxygen atoms in total. The van der Waals surface area contributed by atoms with E-state index in [1.54, 1.807) is 37.3 Å². The number of hydrogen-bond acceptors (Lipinski definition) is 4. The molecule has 0 spiro atoms. The zero-order valence-corrected chi connectivity index (χ0v) is 13.6. The number of aromatic amines is 1. The van der Waals surface area contributed by atoms with E-state index in [-0.39, 0.29) is 17.8 Å². The number of amides is 1. The van der Waals surface area contributed by atoms with Gasteiger partial charge in [0, 0.05) is 18.0 Å². The summed E-state index contributed by atoms with van der Waals surface area (Å²) in [5.74, 6) is -0.206. The highest BCUT2D eigenvalue weighted by atomic mass is 19.1. The highest BCUT2D eigenvalue weighted by Crippen LogP contribution is 2.20. The molecule has 0 saturated carbocycles. The standard InChI is InChI=1S/C18H18FN3O3/c1-11(9-16(23)17-3-2-8-25-17)20-18(24)15-10-14(21-22-15)12-4-6-13(19)7-5-12/h2-8,10-11,16,23H,9H2,1H3,(H,20,24)(H,21,22). The topological polar surface area (TPSA) is 91.2 Å². The normalized spacial score (nSPS) is 13.4. The molecule has 0 radical (unpaired) electrons. The van der Waals surface area contributed by atoms with Crippen LogP contribution in [-0.4, -0.2) is 27.3 Å². The molecule has 1 amide bonds. The Kier molecular flexibility index (Phi) is 4.95. The van der Waals surface area contributed by atoms with E-state index in [0.29, 0.717) is 29.1 Å². The molecule has 0 aliphatic heterocycles. The van der Waals surface area contributed by atoms with Crippen molar-refractivity contribution in [3.05, 3.63) is 66.0 Å². The number of aliphatic hydroxyl groups excluding tert-OH is 1. The van der Waals surface area contributed by atoms with Crippen LogP contribution in [0.5, 0.6) is 0 Å². The highest BCUT2D eigenvalue weighted by molar-refractivity contribution is 5.93. The molecule has 0 bridgehead atoms. The zero-order valence-electron chi connectivity index (χ0n) is 13.6. The fourth-order valence-corrected chi connectivity index (χ4v) is 2.50. The number of halogens is 1. The van der Waals surface area contributed by atoms with E-state index < -0.39 is 6.10 Å². The molecule has 7 heteroatoms. The number of hydrogen-bond donors (Lipinski definition) is 3. The van der Waals surface area contributed by atoms with Gasteiger partial charge in [0.15, 0.2) is 0 Å². The third kappa shape index (κ3) is 4.13. The Morgan fingerprint density at radius 1 is 1.36 bits per heavy atom. The van der Waals surface area contributed by atoms with Crippen LogP contribution in [0.25, 0.3) is 11.3 Å². The highest BCUT2D eigenvalue weighted by Gasteiger charge is 2.18. The average molecular weight is 343 g/mol. The minimum atomic E-state index is -0.790. The molecule has 25 heavy (non-hydrogen) atoms. The molecule has 3 rings (SSSR count). The van der Waals surface area contributed by atoms with Crippen LogP contribution < -0.4 is 5.32 Å². The molecule has 3 N–H and O–H groups in total. The van der Waals surface area contributed by atoms with Gasteiger partial charge in [-0.25, -0.2) is 4.39 Å². The first-order valence-corrected chi connectivity index (χ1v) is 7.86. The van der Waals surface area contributed by atoms with Crippen LogP contribution in [0.4, 0.5) is 4.39 Å². The van der Waals surface area contributed by atoms with Crippen molar-refractivity contribution in [1.29, 1.82) is 0 Å². The largest absolute Gasteiger partial charge is 0.467 e. The summed E-state index contributed by atoms with van der Waals surface area (Å²) in [6.07, 6.45) is 1.02. The lowest BCUT2D eigenvalue weighted by atomic mass is 10.1. The molecule has 0 fully saturated rings. The minimum absolute atomic E-state index is 0.273. The van der Waals surface area contributed by atoms with Gasteiger partial charge < -0.3 is 14.8 Å². The Morgan fingerprint density at radius 3 is 2.80 bits per heavy atom. The van der Waals surface area contributed by atoms with Crippen molar-refractivity contribution in [2.45, 2.75) is 25.5 Å². The smallest absolute Gasteiger partial charge is 0.269 e. The number of aliphatic hydroxyl groups is 1. The van der Waals surface area contributed by atoms with E-state index in [2.05, 4.69) is 15.5 Å². The number of aromatic nitrogens is 2. The summed E-state index contributed by atoms with van der Waals surface area (Å²) >= 11 is 0. The molecular weight excluding hydrogens is 325 g/mol. The number of nitrogens with zero attached hydrogens (tertiary/aromatic N) is 1. The first kappa shape index (κ1) is 16.9. The molecule has 0 saturated heterocycles. The predicted molar refractivity (Wildman–Crippen MR) is 89.2 cm³/mol. The quantitative estimate of drug-likeness (QED) is 0.641. The van der Waals surface area contributed by atoms with E-state index in [1.165, 1.54) is 18.4 Å². The van der Waals surface area contributed by atoms with Crippen LogP contribution in [0.2, 0.25) is 0 Å². The van der Waals surface area contributed by atoms with Crippen LogP contribution in [0.15, 0.2) is 53.1 Å². The summed E-state index contributed by atoms with van der Waals surface area (Å²) < 4.78 is 18.1. The molecule has 2 unspecified atom stereocenters. The monoisotopic (exact) mass is 343 g/mol. The predicted octanol–water partition coefficient (Wildman–Crippen LogP) is 3.05.